The highest BCUT2D eigenvalue weighted by Gasteiger charge is 2.28. The number of anilines is 1. The average Bonchev–Trinajstić information content (AvgIpc) is 3.21. The highest BCUT2D eigenvalue weighted by atomic mass is 16.6. The van der Waals surface area contributed by atoms with Crippen LogP contribution in [0.1, 0.15) is 27.5 Å². The zero-order valence-electron chi connectivity index (χ0n) is 19.0. The highest BCUT2D eigenvalue weighted by Crippen LogP contribution is 2.44. The molecule has 0 bridgehead atoms. The minimum absolute atomic E-state index is 0.0335. The molecular formula is C27H23N5O3. The molecule has 4 N–H and O–H groups in total. The SMILES string of the molecule is CNC(=O)c1nc(-c2cccc(OC(=O)NCC3c4ccccc4-c4ccccc43)c2)cnc1N. The van der Waals surface area contributed by atoms with E-state index in [0.29, 0.717) is 23.6 Å². The summed E-state index contributed by atoms with van der Waals surface area (Å²) in [6.45, 7) is 0.408. The lowest BCUT2D eigenvalue weighted by Gasteiger charge is -2.15. The van der Waals surface area contributed by atoms with Gasteiger partial charge >= 0.3 is 6.09 Å². The summed E-state index contributed by atoms with van der Waals surface area (Å²) < 4.78 is 5.53. The summed E-state index contributed by atoms with van der Waals surface area (Å²) in [4.78, 5) is 33.0. The lowest BCUT2D eigenvalue weighted by atomic mass is 9.97. The second-order valence-electron chi connectivity index (χ2n) is 8.09. The zero-order chi connectivity index (χ0) is 24.4. The summed E-state index contributed by atoms with van der Waals surface area (Å²) in [6, 6.07) is 23.3. The molecule has 1 aromatic heterocycles. The molecule has 5 rings (SSSR count). The van der Waals surface area contributed by atoms with Crippen LogP contribution in [-0.2, 0) is 0 Å². The minimum atomic E-state index is -0.557. The molecule has 0 fully saturated rings. The zero-order valence-corrected chi connectivity index (χ0v) is 19.0. The van der Waals surface area contributed by atoms with E-state index in [1.165, 1.54) is 35.5 Å². The van der Waals surface area contributed by atoms with Crippen LogP contribution < -0.4 is 21.1 Å². The van der Waals surface area contributed by atoms with Gasteiger partial charge < -0.3 is 21.1 Å². The normalized spacial score (nSPS) is 11.9. The third kappa shape index (κ3) is 4.29. The second-order valence-corrected chi connectivity index (χ2v) is 8.09. The monoisotopic (exact) mass is 465 g/mol. The van der Waals surface area contributed by atoms with Crippen molar-refractivity contribution in [3.63, 3.8) is 0 Å². The maximum Gasteiger partial charge on any atom is 0.412 e. The molecule has 2 amide bonds. The van der Waals surface area contributed by atoms with E-state index in [-0.39, 0.29) is 17.4 Å². The molecule has 0 atom stereocenters. The fourth-order valence-corrected chi connectivity index (χ4v) is 4.35. The Kier molecular flexibility index (Phi) is 5.85. The Bertz CT molecular complexity index is 1390. The molecule has 1 aliphatic carbocycles. The van der Waals surface area contributed by atoms with E-state index in [2.05, 4.69) is 44.9 Å². The van der Waals surface area contributed by atoms with E-state index in [1.807, 2.05) is 24.3 Å². The number of benzene rings is 3. The number of ether oxygens (including phenoxy) is 1. The van der Waals surface area contributed by atoms with Crippen molar-refractivity contribution < 1.29 is 14.3 Å². The quantitative estimate of drug-likeness (QED) is 0.410. The Morgan fingerprint density at radius 3 is 2.34 bits per heavy atom. The first-order chi connectivity index (χ1) is 17.0. The van der Waals surface area contributed by atoms with Gasteiger partial charge in [-0.3, -0.25) is 4.79 Å². The minimum Gasteiger partial charge on any atom is -0.410 e. The van der Waals surface area contributed by atoms with Crippen LogP contribution in [0.25, 0.3) is 22.4 Å². The van der Waals surface area contributed by atoms with Crippen LogP contribution in [0.5, 0.6) is 5.75 Å². The first-order valence-electron chi connectivity index (χ1n) is 11.1. The molecule has 0 spiro atoms. The molecule has 8 heteroatoms. The summed E-state index contributed by atoms with van der Waals surface area (Å²) in [5.41, 5.74) is 11.6. The lowest BCUT2D eigenvalue weighted by molar-refractivity contribution is 0.0959. The van der Waals surface area contributed by atoms with Crippen molar-refractivity contribution in [1.29, 1.82) is 0 Å². The van der Waals surface area contributed by atoms with E-state index < -0.39 is 12.0 Å². The predicted molar refractivity (Wildman–Crippen MR) is 133 cm³/mol. The van der Waals surface area contributed by atoms with Gasteiger partial charge in [0.05, 0.1) is 11.9 Å². The number of nitrogens with one attached hydrogen (secondary N) is 2. The van der Waals surface area contributed by atoms with Gasteiger partial charge in [0, 0.05) is 25.1 Å². The maximum atomic E-state index is 12.6. The maximum absolute atomic E-state index is 12.6. The molecule has 0 unspecified atom stereocenters. The number of rotatable bonds is 5. The number of hydrogen-bond acceptors (Lipinski definition) is 6. The summed E-state index contributed by atoms with van der Waals surface area (Å²) in [6.07, 6.45) is 0.911. The first kappa shape index (κ1) is 22.1. The molecule has 0 saturated carbocycles. The number of nitrogen functional groups attached to an aromatic ring is 1. The van der Waals surface area contributed by atoms with Crippen LogP contribution in [0.4, 0.5) is 10.6 Å². The van der Waals surface area contributed by atoms with Crippen molar-refractivity contribution >= 4 is 17.8 Å². The largest absolute Gasteiger partial charge is 0.412 e. The second kappa shape index (κ2) is 9.26. The van der Waals surface area contributed by atoms with Gasteiger partial charge in [-0.25, -0.2) is 14.8 Å². The first-order valence-corrected chi connectivity index (χ1v) is 11.1. The molecule has 0 radical (unpaired) electrons. The summed E-state index contributed by atoms with van der Waals surface area (Å²) in [5.74, 6) is -0.00422. The van der Waals surface area contributed by atoms with Crippen LogP contribution in [0.3, 0.4) is 0 Å². The van der Waals surface area contributed by atoms with Crippen molar-refractivity contribution in [2.24, 2.45) is 0 Å². The molecular weight excluding hydrogens is 442 g/mol. The number of carbonyl (C=O) groups is 2. The van der Waals surface area contributed by atoms with Crippen molar-refractivity contribution in [1.82, 2.24) is 20.6 Å². The van der Waals surface area contributed by atoms with Crippen molar-refractivity contribution in [2.75, 3.05) is 19.3 Å². The van der Waals surface area contributed by atoms with Gasteiger partial charge in [-0.1, -0.05) is 60.7 Å². The summed E-state index contributed by atoms with van der Waals surface area (Å²) in [5, 5.41) is 5.38. The van der Waals surface area contributed by atoms with Gasteiger partial charge in [-0.2, -0.15) is 0 Å². The predicted octanol–water partition coefficient (Wildman–Crippen LogP) is 3.99. The van der Waals surface area contributed by atoms with Gasteiger partial charge in [0.1, 0.15) is 5.75 Å². The molecule has 8 nitrogen and oxygen atoms in total. The van der Waals surface area contributed by atoms with E-state index in [4.69, 9.17) is 10.5 Å². The third-order valence-electron chi connectivity index (χ3n) is 6.00. The third-order valence-corrected chi connectivity index (χ3v) is 6.00. The van der Waals surface area contributed by atoms with E-state index >= 15 is 0 Å². The van der Waals surface area contributed by atoms with E-state index in [1.54, 1.807) is 24.3 Å². The number of carbonyl (C=O) groups excluding carboxylic acids is 2. The van der Waals surface area contributed by atoms with E-state index in [9.17, 15) is 9.59 Å². The number of hydrogen-bond donors (Lipinski definition) is 3. The number of nitrogens with zero attached hydrogens (tertiary/aromatic N) is 2. The Morgan fingerprint density at radius 2 is 1.66 bits per heavy atom. The smallest absolute Gasteiger partial charge is 0.410 e. The molecule has 4 aromatic rings. The van der Waals surface area contributed by atoms with Gasteiger partial charge in [0.2, 0.25) is 0 Å². The molecule has 174 valence electrons. The number of fused-ring (bicyclic) bond motifs is 3. The Hall–Kier alpha value is -4.72. The molecule has 35 heavy (non-hydrogen) atoms. The summed E-state index contributed by atoms with van der Waals surface area (Å²) >= 11 is 0. The van der Waals surface area contributed by atoms with E-state index in [0.717, 1.165) is 0 Å². The van der Waals surface area contributed by atoms with Crippen LogP contribution in [-0.4, -0.2) is 35.6 Å². The van der Waals surface area contributed by atoms with Crippen molar-refractivity contribution in [3.8, 4) is 28.1 Å². The molecule has 1 heterocycles. The van der Waals surface area contributed by atoms with Crippen molar-refractivity contribution in [3.05, 3.63) is 95.8 Å². The highest BCUT2D eigenvalue weighted by molar-refractivity contribution is 5.96. The average molecular weight is 466 g/mol. The van der Waals surface area contributed by atoms with Crippen LogP contribution in [0.2, 0.25) is 0 Å². The number of nitrogens with two attached hydrogens (primary N) is 1. The number of amides is 2. The van der Waals surface area contributed by atoms with Crippen LogP contribution >= 0.6 is 0 Å². The Balaban J connectivity index is 1.30. The van der Waals surface area contributed by atoms with Crippen molar-refractivity contribution in [2.45, 2.75) is 5.92 Å². The Morgan fingerprint density at radius 1 is 0.971 bits per heavy atom. The fraction of sp³-hybridized carbons (Fsp3) is 0.111. The molecule has 0 saturated heterocycles. The van der Waals surface area contributed by atoms with Crippen LogP contribution in [0, 0.1) is 0 Å². The summed E-state index contributed by atoms with van der Waals surface area (Å²) in [7, 11) is 1.49. The van der Waals surface area contributed by atoms with Crippen LogP contribution in [0.15, 0.2) is 79.0 Å². The van der Waals surface area contributed by atoms with Gasteiger partial charge in [0.25, 0.3) is 5.91 Å². The van der Waals surface area contributed by atoms with Gasteiger partial charge in [-0.15, -0.1) is 0 Å². The fourth-order valence-electron chi connectivity index (χ4n) is 4.35. The molecule has 1 aliphatic rings. The lowest BCUT2D eigenvalue weighted by Crippen LogP contribution is -2.30. The Labute approximate surface area is 202 Å². The topological polar surface area (TPSA) is 119 Å². The standard InChI is InChI=1S/C27H23N5O3/c1-29-26(33)24-25(28)30-15-23(32-24)16-7-6-8-17(13-16)35-27(34)31-14-22-20-11-4-2-9-18(20)19-10-3-5-12-21(19)22/h2-13,15,22H,14H2,1H3,(H2,28,30)(H,29,33)(H,31,34). The molecule has 0 aliphatic heterocycles. The van der Waals surface area contributed by atoms with Gasteiger partial charge in [0.15, 0.2) is 11.5 Å². The van der Waals surface area contributed by atoms with Gasteiger partial charge in [-0.05, 0) is 34.4 Å². The molecule has 3 aromatic carbocycles. The number of aromatic nitrogens is 2.